The summed E-state index contributed by atoms with van der Waals surface area (Å²) in [6, 6.07) is 12.7. The number of anilines is 2. The molecule has 8 heteroatoms. The minimum atomic E-state index is -0.406. The maximum Gasteiger partial charge on any atom is 0.295 e. The molecule has 28 heavy (non-hydrogen) atoms. The number of fused-ring (bicyclic) bond motifs is 1. The molecule has 0 radical (unpaired) electrons. The van der Waals surface area contributed by atoms with Gasteiger partial charge in [0.1, 0.15) is 5.82 Å². The fourth-order valence-electron chi connectivity index (χ4n) is 3.31. The highest BCUT2D eigenvalue weighted by Gasteiger charge is 2.32. The molecule has 5 rings (SSSR count). The lowest BCUT2D eigenvalue weighted by molar-refractivity contribution is -0.115. The fraction of sp³-hybridized carbons (Fsp3) is 0.200. The van der Waals surface area contributed by atoms with Gasteiger partial charge in [0.2, 0.25) is 11.7 Å². The minimum Gasteiger partial charge on any atom is -0.325 e. The molecule has 2 heterocycles. The lowest BCUT2D eigenvalue weighted by Crippen LogP contribution is -2.14. The van der Waals surface area contributed by atoms with Gasteiger partial charge in [-0.2, -0.15) is 0 Å². The maximum absolute atomic E-state index is 12.7. The molecule has 1 aliphatic heterocycles. The predicted octanol–water partition coefficient (Wildman–Crippen LogP) is 3.55. The van der Waals surface area contributed by atoms with Gasteiger partial charge < -0.3 is 10.6 Å². The van der Waals surface area contributed by atoms with E-state index in [9.17, 15) is 9.59 Å². The van der Waals surface area contributed by atoms with Gasteiger partial charge in [0.05, 0.1) is 17.1 Å². The first kappa shape index (κ1) is 16.9. The van der Waals surface area contributed by atoms with E-state index in [1.807, 2.05) is 24.3 Å². The van der Waals surface area contributed by atoms with Crippen LogP contribution in [0, 0.1) is 0 Å². The summed E-state index contributed by atoms with van der Waals surface area (Å²) in [4.78, 5) is 28.7. The molecule has 7 nitrogen and oxygen atoms in total. The minimum absolute atomic E-state index is 0.0484. The molecule has 1 aliphatic carbocycles. The van der Waals surface area contributed by atoms with E-state index in [4.69, 9.17) is 11.6 Å². The number of halogens is 1. The summed E-state index contributed by atoms with van der Waals surface area (Å²) in [6.45, 7) is 0. The monoisotopic (exact) mass is 393 g/mol. The molecule has 2 amide bonds. The number of para-hydroxylation sites is 1. The quantitative estimate of drug-likeness (QED) is 0.709. The Morgan fingerprint density at radius 1 is 1.21 bits per heavy atom. The summed E-state index contributed by atoms with van der Waals surface area (Å²) >= 11 is 6.32. The van der Waals surface area contributed by atoms with Crippen LogP contribution in [0.25, 0.3) is 5.69 Å². The average Bonchev–Trinajstić information content (AvgIpc) is 3.31. The predicted molar refractivity (Wildman–Crippen MR) is 105 cm³/mol. The third kappa shape index (κ3) is 3.03. The number of aromatic nitrogens is 3. The van der Waals surface area contributed by atoms with Crippen LogP contribution in [-0.2, 0) is 11.2 Å². The second-order valence-electron chi connectivity index (χ2n) is 6.98. The van der Waals surface area contributed by atoms with Crippen LogP contribution in [0.5, 0.6) is 0 Å². The number of rotatable bonds is 4. The van der Waals surface area contributed by atoms with Crippen LogP contribution in [0.2, 0.25) is 5.02 Å². The van der Waals surface area contributed by atoms with Gasteiger partial charge in [-0.05, 0) is 42.7 Å². The van der Waals surface area contributed by atoms with Crippen molar-refractivity contribution in [3.63, 3.8) is 0 Å². The van der Waals surface area contributed by atoms with Gasteiger partial charge in [0.15, 0.2) is 0 Å². The number of nitrogens with one attached hydrogen (secondary N) is 2. The lowest BCUT2D eigenvalue weighted by atomic mass is 10.1. The zero-order valence-electron chi connectivity index (χ0n) is 14.8. The van der Waals surface area contributed by atoms with E-state index in [1.165, 1.54) is 0 Å². The molecule has 2 N–H and O–H groups in total. The summed E-state index contributed by atoms with van der Waals surface area (Å²) < 4.78 is 1.66. The van der Waals surface area contributed by atoms with Crippen LogP contribution < -0.4 is 10.6 Å². The molecule has 140 valence electrons. The third-order valence-corrected chi connectivity index (χ3v) is 5.17. The van der Waals surface area contributed by atoms with Gasteiger partial charge in [0, 0.05) is 17.3 Å². The van der Waals surface area contributed by atoms with Crippen molar-refractivity contribution in [2.75, 3.05) is 10.6 Å². The Hall–Kier alpha value is -3.19. The Bertz CT molecular complexity index is 1120. The van der Waals surface area contributed by atoms with Crippen molar-refractivity contribution < 1.29 is 9.59 Å². The van der Waals surface area contributed by atoms with Crippen molar-refractivity contribution in [2.45, 2.75) is 25.2 Å². The molecule has 2 aliphatic rings. The molecule has 0 saturated heterocycles. The molecule has 1 fully saturated rings. The first-order valence-corrected chi connectivity index (χ1v) is 9.42. The Labute approximate surface area is 165 Å². The van der Waals surface area contributed by atoms with Gasteiger partial charge >= 0.3 is 0 Å². The van der Waals surface area contributed by atoms with Crippen LogP contribution in [0.4, 0.5) is 11.4 Å². The van der Waals surface area contributed by atoms with Gasteiger partial charge in [-0.3, -0.25) is 9.59 Å². The fourth-order valence-corrected chi connectivity index (χ4v) is 3.52. The van der Waals surface area contributed by atoms with E-state index < -0.39 is 5.91 Å². The Morgan fingerprint density at radius 2 is 2.04 bits per heavy atom. The van der Waals surface area contributed by atoms with E-state index >= 15 is 0 Å². The molecule has 1 aromatic heterocycles. The van der Waals surface area contributed by atoms with Crippen LogP contribution in [-0.4, -0.2) is 26.6 Å². The zero-order valence-corrected chi connectivity index (χ0v) is 15.5. The second kappa shape index (κ2) is 6.45. The van der Waals surface area contributed by atoms with E-state index in [1.54, 1.807) is 22.9 Å². The van der Waals surface area contributed by atoms with Crippen molar-refractivity contribution in [2.24, 2.45) is 0 Å². The number of nitrogens with zero attached hydrogens (tertiary/aromatic N) is 3. The summed E-state index contributed by atoms with van der Waals surface area (Å²) in [5, 5.41) is 10.6. The molecule has 3 aromatic rings. The van der Waals surface area contributed by atoms with Gasteiger partial charge in [-0.1, -0.05) is 29.8 Å². The molecule has 2 aromatic carbocycles. The number of hydrogen-bond donors (Lipinski definition) is 2. The normalized spacial score (nSPS) is 15.2. The van der Waals surface area contributed by atoms with Gasteiger partial charge in [-0.25, -0.2) is 9.67 Å². The number of carbonyl (C=O) groups excluding carboxylic acids is 2. The molecule has 0 unspecified atom stereocenters. The number of amides is 2. The Balaban J connectivity index is 1.44. The van der Waals surface area contributed by atoms with Crippen molar-refractivity contribution in [1.82, 2.24) is 14.8 Å². The highest BCUT2D eigenvalue weighted by Crippen LogP contribution is 2.40. The SMILES string of the molecule is O=C1Cc2ccc(NC(=O)c3nc(C4CC4)n(-c4ccccc4Cl)n3)cc2N1. The van der Waals surface area contributed by atoms with E-state index in [0.29, 0.717) is 28.7 Å². The largest absolute Gasteiger partial charge is 0.325 e. The Morgan fingerprint density at radius 3 is 2.82 bits per heavy atom. The van der Waals surface area contributed by atoms with Crippen molar-refractivity contribution in [3.8, 4) is 5.69 Å². The number of carbonyl (C=O) groups is 2. The van der Waals surface area contributed by atoms with Crippen LogP contribution in [0.15, 0.2) is 42.5 Å². The smallest absolute Gasteiger partial charge is 0.295 e. The third-order valence-electron chi connectivity index (χ3n) is 4.85. The summed E-state index contributed by atoms with van der Waals surface area (Å²) in [7, 11) is 0. The van der Waals surface area contributed by atoms with E-state index in [0.717, 1.165) is 29.9 Å². The van der Waals surface area contributed by atoms with Gasteiger partial charge in [0.25, 0.3) is 5.91 Å². The molecule has 1 saturated carbocycles. The van der Waals surface area contributed by atoms with Crippen LogP contribution >= 0.6 is 11.6 Å². The maximum atomic E-state index is 12.7. The summed E-state index contributed by atoms with van der Waals surface area (Å²) in [5.74, 6) is 0.677. The second-order valence-corrected chi connectivity index (χ2v) is 7.39. The first-order chi connectivity index (χ1) is 13.6. The Kier molecular flexibility index (Phi) is 3.91. The summed E-state index contributed by atoms with van der Waals surface area (Å²) in [5.41, 5.74) is 2.92. The molecular formula is C20H16ClN5O2. The van der Waals surface area contributed by atoms with Gasteiger partial charge in [-0.15, -0.1) is 5.10 Å². The van der Waals surface area contributed by atoms with Crippen LogP contribution in [0.1, 0.15) is 40.8 Å². The van der Waals surface area contributed by atoms with Crippen molar-refractivity contribution >= 4 is 34.8 Å². The molecule has 0 atom stereocenters. The van der Waals surface area contributed by atoms with Crippen LogP contribution in [0.3, 0.4) is 0 Å². The van der Waals surface area contributed by atoms with E-state index in [2.05, 4.69) is 20.7 Å². The molecule has 0 spiro atoms. The van der Waals surface area contributed by atoms with E-state index in [-0.39, 0.29) is 11.7 Å². The highest BCUT2D eigenvalue weighted by atomic mass is 35.5. The lowest BCUT2D eigenvalue weighted by Gasteiger charge is -2.06. The number of benzene rings is 2. The number of hydrogen-bond acceptors (Lipinski definition) is 4. The molecular weight excluding hydrogens is 378 g/mol. The summed E-state index contributed by atoms with van der Waals surface area (Å²) in [6.07, 6.45) is 2.40. The van der Waals surface area contributed by atoms with Crippen molar-refractivity contribution in [1.29, 1.82) is 0 Å². The zero-order chi connectivity index (χ0) is 19.3. The first-order valence-electron chi connectivity index (χ1n) is 9.04. The molecule has 0 bridgehead atoms. The highest BCUT2D eigenvalue weighted by molar-refractivity contribution is 6.32. The standard InChI is InChI=1S/C20H16ClN5O2/c21-14-3-1-2-4-16(14)26-19(11-5-6-11)24-18(25-26)20(28)22-13-8-7-12-9-17(27)23-15(12)10-13/h1-4,7-8,10-11H,5-6,9H2,(H,22,28)(H,23,27). The average molecular weight is 394 g/mol. The topological polar surface area (TPSA) is 88.9 Å². The van der Waals surface area contributed by atoms with Crippen molar-refractivity contribution in [3.05, 3.63) is 64.7 Å².